The van der Waals surface area contributed by atoms with Crippen molar-refractivity contribution >= 4 is 0 Å². The molecule has 2 aromatic rings. The molecular weight excluding hydrogens is 264 g/mol. The zero-order chi connectivity index (χ0) is 15.1. The van der Waals surface area contributed by atoms with E-state index in [4.69, 9.17) is 15.3 Å². The molecule has 0 aliphatic heterocycles. The summed E-state index contributed by atoms with van der Waals surface area (Å²) in [5.74, 6) is 7.37. The highest BCUT2D eigenvalue weighted by Gasteiger charge is 2.10. The van der Waals surface area contributed by atoms with Crippen LogP contribution in [-0.4, -0.2) is 13.7 Å². The molecule has 2 aromatic carbocycles. The van der Waals surface area contributed by atoms with Gasteiger partial charge in [0.25, 0.3) is 0 Å². The molecule has 2 rings (SSSR count). The van der Waals surface area contributed by atoms with E-state index in [2.05, 4.69) is 5.43 Å². The minimum Gasteiger partial charge on any atom is -0.497 e. The number of benzene rings is 2. The Balaban J connectivity index is 1.93. The van der Waals surface area contributed by atoms with Gasteiger partial charge in [-0.1, -0.05) is 24.3 Å². The summed E-state index contributed by atoms with van der Waals surface area (Å²) < 4.78 is 11.0. The van der Waals surface area contributed by atoms with Gasteiger partial charge in [-0.05, 0) is 42.3 Å². The lowest BCUT2D eigenvalue weighted by molar-refractivity contribution is 0.287. The summed E-state index contributed by atoms with van der Waals surface area (Å²) in [6.07, 6.45) is 0.775. The lowest BCUT2D eigenvalue weighted by Gasteiger charge is -2.17. The van der Waals surface area contributed by atoms with Crippen LogP contribution in [0.2, 0.25) is 0 Å². The predicted octanol–water partition coefficient (Wildman–Crippen LogP) is 2.98. The Morgan fingerprint density at radius 2 is 1.86 bits per heavy atom. The molecular formula is C17H22N2O2. The molecule has 112 valence electrons. The van der Waals surface area contributed by atoms with Crippen molar-refractivity contribution in [3.8, 4) is 11.5 Å². The Morgan fingerprint density at radius 1 is 1.10 bits per heavy atom. The van der Waals surface area contributed by atoms with Crippen molar-refractivity contribution in [3.05, 3.63) is 59.7 Å². The molecule has 0 bridgehead atoms. The second-order valence-corrected chi connectivity index (χ2v) is 4.95. The van der Waals surface area contributed by atoms with Crippen molar-refractivity contribution in [2.24, 2.45) is 5.84 Å². The molecule has 0 saturated heterocycles. The van der Waals surface area contributed by atoms with E-state index >= 15 is 0 Å². The summed E-state index contributed by atoms with van der Waals surface area (Å²) >= 11 is 0. The van der Waals surface area contributed by atoms with Gasteiger partial charge in [-0.3, -0.25) is 11.3 Å². The van der Waals surface area contributed by atoms with Crippen LogP contribution in [0, 0.1) is 6.92 Å². The lowest BCUT2D eigenvalue weighted by Crippen LogP contribution is -2.29. The molecule has 3 N–H and O–H groups in total. The highest BCUT2D eigenvalue weighted by Crippen LogP contribution is 2.21. The van der Waals surface area contributed by atoms with Crippen LogP contribution in [0.3, 0.4) is 0 Å². The number of rotatable bonds is 7. The Labute approximate surface area is 125 Å². The van der Waals surface area contributed by atoms with E-state index in [1.807, 2.05) is 55.5 Å². The van der Waals surface area contributed by atoms with Crippen LogP contribution in [0.15, 0.2) is 48.5 Å². The van der Waals surface area contributed by atoms with E-state index in [-0.39, 0.29) is 6.04 Å². The third-order valence-electron chi connectivity index (χ3n) is 3.36. The molecule has 1 unspecified atom stereocenters. The Kier molecular flexibility index (Phi) is 5.60. The third-order valence-corrected chi connectivity index (χ3v) is 3.36. The first-order valence-corrected chi connectivity index (χ1v) is 7.02. The average Bonchev–Trinajstić information content (AvgIpc) is 2.52. The van der Waals surface area contributed by atoms with Gasteiger partial charge in [-0.2, -0.15) is 0 Å². The largest absolute Gasteiger partial charge is 0.497 e. The number of nitrogens with one attached hydrogen (secondary N) is 1. The highest BCUT2D eigenvalue weighted by molar-refractivity contribution is 5.30. The summed E-state index contributed by atoms with van der Waals surface area (Å²) in [6, 6.07) is 15.9. The van der Waals surface area contributed by atoms with Gasteiger partial charge < -0.3 is 9.47 Å². The van der Waals surface area contributed by atoms with Crippen LogP contribution in [-0.2, 0) is 0 Å². The number of ether oxygens (including phenoxy) is 2. The van der Waals surface area contributed by atoms with Crippen molar-refractivity contribution < 1.29 is 9.47 Å². The van der Waals surface area contributed by atoms with Crippen molar-refractivity contribution in [1.29, 1.82) is 0 Å². The molecule has 0 fully saturated rings. The first-order valence-electron chi connectivity index (χ1n) is 7.02. The summed E-state index contributed by atoms with van der Waals surface area (Å²) in [5.41, 5.74) is 5.11. The minimum atomic E-state index is 0.0323. The molecule has 0 amide bonds. The SMILES string of the molecule is COc1cccc(C(CCOc2cccc(C)c2)NN)c1. The molecule has 0 aliphatic carbocycles. The molecule has 0 heterocycles. The zero-order valence-electron chi connectivity index (χ0n) is 12.5. The fourth-order valence-electron chi connectivity index (χ4n) is 2.20. The van der Waals surface area contributed by atoms with Crippen molar-refractivity contribution in [2.75, 3.05) is 13.7 Å². The van der Waals surface area contributed by atoms with Crippen LogP contribution >= 0.6 is 0 Å². The first kappa shape index (κ1) is 15.4. The molecule has 0 aliphatic rings. The van der Waals surface area contributed by atoms with E-state index in [1.54, 1.807) is 7.11 Å². The standard InChI is InChI=1S/C17H22N2O2/c1-13-5-3-8-16(11-13)21-10-9-17(19-18)14-6-4-7-15(12-14)20-2/h3-8,11-12,17,19H,9-10,18H2,1-2H3. The van der Waals surface area contributed by atoms with E-state index < -0.39 is 0 Å². The van der Waals surface area contributed by atoms with Crippen LogP contribution < -0.4 is 20.7 Å². The molecule has 21 heavy (non-hydrogen) atoms. The normalized spacial score (nSPS) is 12.0. The van der Waals surface area contributed by atoms with Crippen molar-refractivity contribution in [2.45, 2.75) is 19.4 Å². The molecule has 0 radical (unpaired) electrons. The van der Waals surface area contributed by atoms with Gasteiger partial charge in [-0.25, -0.2) is 0 Å². The summed E-state index contributed by atoms with van der Waals surface area (Å²) in [4.78, 5) is 0. The third kappa shape index (κ3) is 4.48. The predicted molar refractivity (Wildman–Crippen MR) is 84.3 cm³/mol. The average molecular weight is 286 g/mol. The first-order chi connectivity index (χ1) is 10.2. The lowest BCUT2D eigenvalue weighted by atomic mass is 10.0. The van der Waals surface area contributed by atoms with Gasteiger partial charge in [0.1, 0.15) is 11.5 Å². The monoisotopic (exact) mass is 286 g/mol. The second kappa shape index (κ2) is 7.67. The minimum absolute atomic E-state index is 0.0323. The number of nitrogens with two attached hydrogens (primary N) is 1. The fraction of sp³-hybridized carbons (Fsp3) is 0.294. The summed E-state index contributed by atoms with van der Waals surface area (Å²) in [5, 5.41) is 0. The molecule has 4 heteroatoms. The summed E-state index contributed by atoms with van der Waals surface area (Å²) in [6.45, 7) is 2.64. The van der Waals surface area contributed by atoms with E-state index in [0.717, 1.165) is 23.5 Å². The number of methoxy groups -OCH3 is 1. The van der Waals surface area contributed by atoms with Crippen LogP contribution in [0.25, 0.3) is 0 Å². The van der Waals surface area contributed by atoms with Crippen molar-refractivity contribution in [3.63, 3.8) is 0 Å². The fourth-order valence-corrected chi connectivity index (χ4v) is 2.20. The molecule has 4 nitrogen and oxygen atoms in total. The van der Waals surface area contributed by atoms with Gasteiger partial charge in [0.05, 0.1) is 13.7 Å². The zero-order valence-corrected chi connectivity index (χ0v) is 12.5. The summed E-state index contributed by atoms with van der Waals surface area (Å²) in [7, 11) is 1.66. The smallest absolute Gasteiger partial charge is 0.119 e. The Bertz CT molecular complexity index is 572. The maximum Gasteiger partial charge on any atom is 0.119 e. The molecule has 0 aromatic heterocycles. The number of hydrazine groups is 1. The van der Waals surface area contributed by atoms with Crippen LogP contribution in [0.4, 0.5) is 0 Å². The Morgan fingerprint density at radius 3 is 2.57 bits per heavy atom. The highest BCUT2D eigenvalue weighted by atomic mass is 16.5. The van der Waals surface area contributed by atoms with Crippen LogP contribution in [0.5, 0.6) is 11.5 Å². The molecule has 1 atom stereocenters. The maximum absolute atomic E-state index is 5.77. The van der Waals surface area contributed by atoms with E-state index in [9.17, 15) is 0 Å². The molecule has 0 saturated carbocycles. The van der Waals surface area contributed by atoms with Gasteiger partial charge in [-0.15, -0.1) is 0 Å². The number of hydrogen-bond donors (Lipinski definition) is 2. The van der Waals surface area contributed by atoms with E-state index in [0.29, 0.717) is 6.61 Å². The van der Waals surface area contributed by atoms with Gasteiger partial charge in [0.15, 0.2) is 0 Å². The van der Waals surface area contributed by atoms with Gasteiger partial charge >= 0.3 is 0 Å². The van der Waals surface area contributed by atoms with Crippen molar-refractivity contribution in [1.82, 2.24) is 5.43 Å². The topological polar surface area (TPSA) is 56.5 Å². The Hall–Kier alpha value is -2.04. The van der Waals surface area contributed by atoms with E-state index in [1.165, 1.54) is 5.56 Å². The number of hydrogen-bond acceptors (Lipinski definition) is 4. The number of aryl methyl sites for hydroxylation is 1. The molecule has 0 spiro atoms. The maximum atomic E-state index is 5.77. The van der Waals surface area contributed by atoms with Crippen LogP contribution in [0.1, 0.15) is 23.6 Å². The quantitative estimate of drug-likeness (QED) is 0.607. The van der Waals surface area contributed by atoms with Gasteiger partial charge in [0, 0.05) is 12.5 Å². The van der Waals surface area contributed by atoms with Gasteiger partial charge in [0.2, 0.25) is 0 Å². The second-order valence-electron chi connectivity index (χ2n) is 4.95.